The third-order valence-corrected chi connectivity index (χ3v) is 3.70. The van der Waals surface area contributed by atoms with E-state index in [2.05, 4.69) is 66.9 Å². The molecule has 2 N–H and O–H groups in total. The number of benzene rings is 2. The predicted octanol–water partition coefficient (Wildman–Crippen LogP) is 3.39. The van der Waals surface area contributed by atoms with Gasteiger partial charge >= 0.3 is 0 Å². The first-order valence-corrected chi connectivity index (χ1v) is 6.63. The van der Waals surface area contributed by atoms with Crippen molar-refractivity contribution in [1.82, 2.24) is 5.32 Å². The lowest BCUT2D eigenvalue weighted by atomic mass is 10.0. The van der Waals surface area contributed by atoms with E-state index in [1.807, 2.05) is 0 Å². The van der Waals surface area contributed by atoms with Gasteiger partial charge in [-0.05, 0) is 43.2 Å². The Bertz CT molecular complexity index is 560. The molecule has 2 aromatic rings. The van der Waals surface area contributed by atoms with Crippen molar-refractivity contribution in [3.63, 3.8) is 0 Å². The largest absolute Gasteiger partial charge is 0.381 e. The molecule has 0 spiro atoms. The summed E-state index contributed by atoms with van der Waals surface area (Å²) in [4.78, 5) is 0. The third kappa shape index (κ3) is 2.34. The van der Waals surface area contributed by atoms with Gasteiger partial charge in [0.05, 0.1) is 0 Å². The number of hydrogen-bond acceptors (Lipinski definition) is 2. The number of fused-ring (bicyclic) bond motifs is 1. The van der Waals surface area contributed by atoms with Crippen LogP contribution in [0.3, 0.4) is 0 Å². The van der Waals surface area contributed by atoms with Gasteiger partial charge in [-0.15, -0.1) is 0 Å². The van der Waals surface area contributed by atoms with Crippen LogP contribution in [-0.4, -0.2) is 18.1 Å². The Balaban J connectivity index is 1.79. The van der Waals surface area contributed by atoms with E-state index in [1.54, 1.807) is 0 Å². The molecule has 0 bridgehead atoms. The van der Waals surface area contributed by atoms with Gasteiger partial charge in [-0.25, -0.2) is 0 Å². The minimum absolute atomic E-state index is 0.258. The van der Waals surface area contributed by atoms with E-state index in [0.717, 1.165) is 6.54 Å². The maximum atomic E-state index is 3.63. The van der Waals surface area contributed by atoms with Crippen LogP contribution in [0.25, 0.3) is 10.8 Å². The van der Waals surface area contributed by atoms with Crippen molar-refractivity contribution in [3.05, 3.63) is 42.5 Å². The van der Waals surface area contributed by atoms with Gasteiger partial charge in [0, 0.05) is 23.8 Å². The lowest BCUT2D eigenvalue weighted by Gasteiger charge is -2.18. The SMILES string of the molecule is CC1(C)CC(Nc2ccc3ccccc3c2)CN1. The van der Waals surface area contributed by atoms with Crippen molar-refractivity contribution in [2.24, 2.45) is 0 Å². The summed E-state index contributed by atoms with van der Waals surface area (Å²) in [6.07, 6.45) is 1.17. The van der Waals surface area contributed by atoms with Gasteiger partial charge in [-0.2, -0.15) is 0 Å². The van der Waals surface area contributed by atoms with E-state index in [9.17, 15) is 0 Å². The van der Waals surface area contributed by atoms with Gasteiger partial charge in [-0.1, -0.05) is 30.3 Å². The Labute approximate surface area is 108 Å². The number of hydrogen-bond donors (Lipinski definition) is 2. The minimum Gasteiger partial charge on any atom is -0.381 e. The zero-order valence-electron chi connectivity index (χ0n) is 11.0. The van der Waals surface area contributed by atoms with Crippen LogP contribution in [0.15, 0.2) is 42.5 Å². The Kier molecular flexibility index (Phi) is 2.75. The maximum absolute atomic E-state index is 3.63. The molecule has 1 unspecified atom stereocenters. The summed E-state index contributed by atoms with van der Waals surface area (Å²) >= 11 is 0. The first-order valence-electron chi connectivity index (χ1n) is 6.63. The molecular formula is C16H20N2. The van der Waals surface area contributed by atoms with Crippen molar-refractivity contribution < 1.29 is 0 Å². The fraction of sp³-hybridized carbons (Fsp3) is 0.375. The molecule has 3 rings (SSSR count). The maximum Gasteiger partial charge on any atom is 0.0403 e. The minimum atomic E-state index is 0.258. The van der Waals surface area contributed by atoms with Crippen molar-refractivity contribution in [3.8, 4) is 0 Å². The van der Waals surface area contributed by atoms with E-state index in [0.29, 0.717) is 6.04 Å². The summed E-state index contributed by atoms with van der Waals surface area (Å²) in [6, 6.07) is 15.6. The highest BCUT2D eigenvalue weighted by Gasteiger charge is 2.29. The summed E-state index contributed by atoms with van der Waals surface area (Å²) in [5, 5.41) is 9.76. The standard InChI is InChI=1S/C16H20N2/c1-16(2)10-15(11-17-16)18-14-8-7-12-5-3-4-6-13(12)9-14/h3-9,15,17-18H,10-11H2,1-2H3. The Morgan fingerprint density at radius 3 is 2.61 bits per heavy atom. The Morgan fingerprint density at radius 1 is 1.11 bits per heavy atom. The monoisotopic (exact) mass is 240 g/mol. The zero-order chi connectivity index (χ0) is 12.6. The fourth-order valence-corrected chi connectivity index (χ4v) is 2.78. The van der Waals surface area contributed by atoms with E-state index in [-0.39, 0.29) is 5.54 Å². The van der Waals surface area contributed by atoms with Crippen molar-refractivity contribution in [1.29, 1.82) is 0 Å². The molecule has 1 aliphatic heterocycles. The molecule has 0 saturated carbocycles. The molecule has 0 aliphatic carbocycles. The molecule has 1 atom stereocenters. The average molecular weight is 240 g/mol. The fourth-order valence-electron chi connectivity index (χ4n) is 2.78. The predicted molar refractivity (Wildman–Crippen MR) is 78.1 cm³/mol. The molecule has 2 heteroatoms. The van der Waals surface area contributed by atoms with Crippen LogP contribution in [0, 0.1) is 0 Å². The summed E-state index contributed by atoms with van der Waals surface area (Å²) in [7, 11) is 0. The van der Waals surface area contributed by atoms with Crippen LogP contribution < -0.4 is 10.6 Å². The number of anilines is 1. The van der Waals surface area contributed by atoms with E-state index in [1.165, 1.54) is 22.9 Å². The van der Waals surface area contributed by atoms with Crippen LogP contribution in [0.2, 0.25) is 0 Å². The van der Waals surface area contributed by atoms with Gasteiger partial charge in [-0.3, -0.25) is 0 Å². The molecule has 1 heterocycles. The topological polar surface area (TPSA) is 24.1 Å². The van der Waals surface area contributed by atoms with Crippen LogP contribution in [-0.2, 0) is 0 Å². The quantitative estimate of drug-likeness (QED) is 0.840. The molecule has 94 valence electrons. The van der Waals surface area contributed by atoms with Crippen LogP contribution in [0.5, 0.6) is 0 Å². The van der Waals surface area contributed by atoms with Gasteiger partial charge in [0.15, 0.2) is 0 Å². The normalized spacial score (nSPS) is 22.2. The summed E-state index contributed by atoms with van der Waals surface area (Å²) in [5.74, 6) is 0. The second kappa shape index (κ2) is 4.29. The first-order chi connectivity index (χ1) is 8.62. The molecule has 1 aliphatic rings. The highest BCUT2D eigenvalue weighted by atomic mass is 15.1. The smallest absolute Gasteiger partial charge is 0.0403 e. The Hall–Kier alpha value is -1.54. The summed E-state index contributed by atoms with van der Waals surface area (Å²) < 4.78 is 0. The summed E-state index contributed by atoms with van der Waals surface area (Å²) in [6.45, 7) is 5.56. The second-order valence-corrected chi connectivity index (χ2v) is 5.87. The molecule has 0 aromatic heterocycles. The first kappa shape index (κ1) is 11.5. The average Bonchev–Trinajstić information content (AvgIpc) is 2.68. The molecule has 1 fully saturated rings. The van der Waals surface area contributed by atoms with Crippen LogP contribution in [0.4, 0.5) is 5.69 Å². The number of nitrogens with one attached hydrogen (secondary N) is 2. The lowest BCUT2D eigenvalue weighted by molar-refractivity contribution is 0.457. The molecule has 18 heavy (non-hydrogen) atoms. The lowest BCUT2D eigenvalue weighted by Crippen LogP contribution is -2.31. The highest BCUT2D eigenvalue weighted by molar-refractivity contribution is 5.85. The molecular weight excluding hydrogens is 220 g/mol. The molecule has 2 aromatic carbocycles. The van der Waals surface area contributed by atoms with Gasteiger partial charge in [0.25, 0.3) is 0 Å². The Morgan fingerprint density at radius 2 is 1.89 bits per heavy atom. The summed E-state index contributed by atoms with van der Waals surface area (Å²) in [5.41, 5.74) is 1.48. The van der Waals surface area contributed by atoms with Crippen molar-refractivity contribution >= 4 is 16.5 Å². The van der Waals surface area contributed by atoms with Gasteiger partial charge in [0.1, 0.15) is 0 Å². The van der Waals surface area contributed by atoms with Crippen LogP contribution in [0.1, 0.15) is 20.3 Å². The van der Waals surface area contributed by atoms with Crippen molar-refractivity contribution in [2.75, 3.05) is 11.9 Å². The molecule has 0 radical (unpaired) electrons. The second-order valence-electron chi connectivity index (χ2n) is 5.87. The molecule has 2 nitrogen and oxygen atoms in total. The zero-order valence-corrected chi connectivity index (χ0v) is 11.0. The van der Waals surface area contributed by atoms with E-state index >= 15 is 0 Å². The highest BCUT2D eigenvalue weighted by Crippen LogP contribution is 2.24. The molecule has 0 amide bonds. The molecule has 1 saturated heterocycles. The van der Waals surface area contributed by atoms with E-state index < -0.39 is 0 Å². The van der Waals surface area contributed by atoms with E-state index in [4.69, 9.17) is 0 Å². The van der Waals surface area contributed by atoms with Crippen LogP contribution >= 0.6 is 0 Å². The third-order valence-electron chi connectivity index (χ3n) is 3.70. The number of rotatable bonds is 2. The van der Waals surface area contributed by atoms with Gasteiger partial charge in [0.2, 0.25) is 0 Å². The van der Waals surface area contributed by atoms with Crippen molar-refractivity contribution in [2.45, 2.75) is 31.8 Å². The van der Waals surface area contributed by atoms with Gasteiger partial charge < -0.3 is 10.6 Å².